The number of hydrogen-bond donors (Lipinski definition) is 1. The average Bonchev–Trinajstić information content (AvgIpc) is 2.30. The van der Waals surface area contributed by atoms with E-state index in [1.165, 1.54) is 6.08 Å². The predicted molar refractivity (Wildman–Crippen MR) is 70.1 cm³/mol. The molecule has 0 saturated heterocycles. The molecule has 0 aromatic rings. The first-order valence-corrected chi connectivity index (χ1v) is 5.68. The second kappa shape index (κ2) is 7.21. The third kappa shape index (κ3) is 5.87. The van der Waals surface area contributed by atoms with Crippen LogP contribution >= 0.6 is 0 Å². The molecule has 0 aromatic heterocycles. The number of halogens is 3. The van der Waals surface area contributed by atoms with E-state index in [1.807, 2.05) is 26.0 Å². The van der Waals surface area contributed by atoms with Crippen LogP contribution in [0.4, 0.5) is 13.2 Å². The van der Waals surface area contributed by atoms with Gasteiger partial charge in [0.2, 0.25) is 0 Å². The fraction of sp³-hybridized carbons (Fsp3) is 0.429. The molecule has 0 aliphatic heterocycles. The van der Waals surface area contributed by atoms with Crippen LogP contribution in [0.15, 0.2) is 46.6 Å². The molecule has 0 aliphatic rings. The molecule has 1 nitrogen and oxygen atoms in total. The molecule has 18 heavy (non-hydrogen) atoms. The van der Waals surface area contributed by atoms with E-state index in [9.17, 15) is 13.2 Å². The summed E-state index contributed by atoms with van der Waals surface area (Å²) < 4.78 is 36.8. The van der Waals surface area contributed by atoms with Crippen LogP contribution in [0.3, 0.4) is 0 Å². The molecule has 0 radical (unpaired) electrons. The van der Waals surface area contributed by atoms with Crippen LogP contribution in [0.1, 0.15) is 27.7 Å². The van der Waals surface area contributed by atoms with E-state index >= 15 is 0 Å². The Labute approximate surface area is 107 Å². The molecule has 0 amide bonds. The van der Waals surface area contributed by atoms with Crippen molar-refractivity contribution in [3.05, 3.63) is 46.6 Å². The predicted octanol–water partition coefficient (Wildman–Crippen LogP) is 4.29. The van der Waals surface area contributed by atoms with Gasteiger partial charge in [-0.3, -0.25) is 0 Å². The normalized spacial score (nSPS) is 16.2. The zero-order valence-corrected chi connectivity index (χ0v) is 11.2. The number of hydrogen-bond acceptors (Lipinski definition) is 1. The van der Waals surface area contributed by atoms with Crippen LogP contribution in [0.5, 0.6) is 0 Å². The third-order valence-electron chi connectivity index (χ3n) is 2.66. The van der Waals surface area contributed by atoms with Crippen molar-refractivity contribution in [2.45, 2.75) is 33.9 Å². The van der Waals surface area contributed by atoms with Gasteiger partial charge in [0.15, 0.2) is 0 Å². The van der Waals surface area contributed by atoms with E-state index < -0.39 is 11.7 Å². The standard InChI is InChI=1S/C14H20F3N/c1-5-13(9-18)8-11(3)10(2)6-7-12(4)14(15,16)17/h5-8H,9,18H2,1-4H3/b10-6+,11-8+,12-7+,13-5+. The summed E-state index contributed by atoms with van der Waals surface area (Å²) in [5.74, 6) is 0. The summed E-state index contributed by atoms with van der Waals surface area (Å²) in [5.41, 5.74) is 7.55. The first-order valence-electron chi connectivity index (χ1n) is 5.68. The van der Waals surface area contributed by atoms with Crippen molar-refractivity contribution in [1.82, 2.24) is 0 Å². The lowest BCUT2D eigenvalue weighted by molar-refractivity contribution is -0.0912. The van der Waals surface area contributed by atoms with Crippen molar-refractivity contribution >= 4 is 0 Å². The Kier molecular flexibility index (Phi) is 6.70. The summed E-state index contributed by atoms with van der Waals surface area (Å²) in [5, 5.41) is 0. The molecule has 4 heteroatoms. The molecule has 0 aliphatic carbocycles. The van der Waals surface area contributed by atoms with E-state index in [0.29, 0.717) is 6.54 Å². The fourth-order valence-corrected chi connectivity index (χ4v) is 1.13. The van der Waals surface area contributed by atoms with Gasteiger partial charge in [0.25, 0.3) is 0 Å². The maximum Gasteiger partial charge on any atom is 0.412 e. The summed E-state index contributed by atoms with van der Waals surface area (Å²) in [4.78, 5) is 0. The van der Waals surface area contributed by atoms with Crippen molar-refractivity contribution in [3.63, 3.8) is 0 Å². The lowest BCUT2D eigenvalue weighted by Crippen LogP contribution is -2.08. The van der Waals surface area contributed by atoms with Gasteiger partial charge in [-0.15, -0.1) is 0 Å². The van der Waals surface area contributed by atoms with Gasteiger partial charge in [0.05, 0.1) is 0 Å². The van der Waals surface area contributed by atoms with Crippen LogP contribution in [0.25, 0.3) is 0 Å². The molecule has 0 heterocycles. The molecular weight excluding hydrogens is 239 g/mol. The molecule has 0 aromatic carbocycles. The molecule has 0 rings (SSSR count). The zero-order chi connectivity index (χ0) is 14.3. The molecule has 2 N–H and O–H groups in total. The van der Waals surface area contributed by atoms with E-state index in [4.69, 9.17) is 5.73 Å². The Hall–Kier alpha value is -1.29. The smallest absolute Gasteiger partial charge is 0.327 e. The second-order valence-electron chi connectivity index (χ2n) is 4.09. The molecule has 102 valence electrons. The Bertz CT molecular complexity index is 396. The number of allylic oxidation sites excluding steroid dienone is 6. The van der Waals surface area contributed by atoms with Crippen molar-refractivity contribution in [2.75, 3.05) is 6.54 Å². The van der Waals surface area contributed by atoms with Gasteiger partial charge in [0.1, 0.15) is 0 Å². The maximum atomic E-state index is 12.3. The quantitative estimate of drug-likeness (QED) is 0.749. The van der Waals surface area contributed by atoms with E-state index in [-0.39, 0.29) is 0 Å². The summed E-state index contributed by atoms with van der Waals surface area (Å²) >= 11 is 0. The Balaban J connectivity index is 5.02. The number of alkyl halides is 3. The molecular formula is C14H20F3N. The van der Waals surface area contributed by atoms with Crippen molar-refractivity contribution < 1.29 is 13.2 Å². The van der Waals surface area contributed by atoms with Crippen molar-refractivity contribution in [3.8, 4) is 0 Å². The third-order valence-corrected chi connectivity index (χ3v) is 2.66. The minimum Gasteiger partial charge on any atom is -0.327 e. The fourth-order valence-electron chi connectivity index (χ4n) is 1.13. The zero-order valence-electron chi connectivity index (χ0n) is 11.2. The van der Waals surface area contributed by atoms with Crippen LogP contribution in [0.2, 0.25) is 0 Å². The second-order valence-corrected chi connectivity index (χ2v) is 4.09. The van der Waals surface area contributed by atoms with Crippen LogP contribution in [-0.2, 0) is 0 Å². The monoisotopic (exact) mass is 259 g/mol. The number of nitrogens with two attached hydrogens (primary N) is 1. The van der Waals surface area contributed by atoms with Gasteiger partial charge in [0, 0.05) is 12.1 Å². The lowest BCUT2D eigenvalue weighted by Gasteiger charge is -2.06. The molecule has 0 spiro atoms. The summed E-state index contributed by atoms with van der Waals surface area (Å²) in [6.45, 7) is 6.97. The van der Waals surface area contributed by atoms with Crippen LogP contribution in [0, 0.1) is 0 Å². The van der Waals surface area contributed by atoms with E-state index in [1.54, 1.807) is 6.92 Å². The van der Waals surface area contributed by atoms with Crippen LogP contribution in [-0.4, -0.2) is 12.7 Å². The summed E-state index contributed by atoms with van der Waals surface area (Å²) in [7, 11) is 0. The van der Waals surface area contributed by atoms with Gasteiger partial charge in [-0.2, -0.15) is 13.2 Å². The molecule has 0 saturated carbocycles. The minimum absolute atomic E-state index is 0.415. The number of rotatable bonds is 4. The van der Waals surface area contributed by atoms with Crippen LogP contribution < -0.4 is 5.73 Å². The average molecular weight is 259 g/mol. The van der Waals surface area contributed by atoms with E-state index in [0.717, 1.165) is 29.7 Å². The van der Waals surface area contributed by atoms with Gasteiger partial charge >= 0.3 is 6.18 Å². The minimum atomic E-state index is -4.26. The van der Waals surface area contributed by atoms with Crippen molar-refractivity contribution in [1.29, 1.82) is 0 Å². The highest BCUT2D eigenvalue weighted by Gasteiger charge is 2.29. The van der Waals surface area contributed by atoms with Crippen molar-refractivity contribution in [2.24, 2.45) is 5.73 Å². The lowest BCUT2D eigenvalue weighted by atomic mass is 10.0. The molecule has 0 fully saturated rings. The first-order chi connectivity index (χ1) is 8.22. The van der Waals surface area contributed by atoms with Gasteiger partial charge in [-0.25, -0.2) is 0 Å². The highest BCUT2D eigenvalue weighted by Crippen LogP contribution is 2.25. The molecule has 0 bridgehead atoms. The maximum absolute atomic E-state index is 12.3. The Morgan fingerprint density at radius 3 is 2.00 bits per heavy atom. The van der Waals surface area contributed by atoms with Gasteiger partial charge in [-0.1, -0.05) is 24.3 Å². The van der Waals surface area contributed by atoms with Gasteiger partial charge < -0.3 is 5.73 Å². The summed E-state index contributed by atoms with van der Waals surface area (Å²) in [6.07, 6.45) is 2.05. The molecule has 0 unspecified atom stereocenters. The SMILES string of the molecule is C\C=C(/C=C(C)/C(C)=C/C=C(\C)C(F)(F)F)CN. The highest BCUT2D eigenvalue weighted by molar-refractivity contribution is 5.37. The van der Waals surface area contributed by atoms with E-state index in [2.05, 4.69) is 0 Å². The first kappa shape index (κ1) is 16.7. The molecule has 0 atom stereocenters. The highest BCUT2D eigenvalue weighted by atomic mass is 19.4. The van der Waals surface area contributed by atoms with Gasteiger partial charge in [-0.05, 0) is 44.4 Å². The topological polar surface area (TPSA) is 26.0 Å². The summed E-state index contributed by atoms with van der Waals surface area (Å²) in [6, 6.07) is 0. The Morgan fingerprint density at radius 1 is 1.06 bits per heavy atom. The Morgan fingerprint density at radius 2 is 1.61 bits per heavy atom. The largest absolute Gasteiger partial charge is 0.412 e.